The second-order valence-corrected chi connectivity index (χ2v) is 8.98. The molecule has 0 aromatic rings. The van der Waals surface area contributed by atoms with Gasteiger partial charge in [0.05, 0.1) is 0 Å². The molecule has 1 aliphatic rings. The van der Waals surface area contributed by atoms with E-state index in [9.17, 15) is 0 Å². The lowest BCUT2D eigenvalue weighted by molar-refractivity contribution is 0.165. The Balaban J connectivity index is 2.52. The summed E-state index contributed by atoms with van der Waals surface area (Å²) < 4.78 is 0. The van der Waals surface area contributed by atoms with Crippen molar-refractivity contribution >= 4 is 11.8 Å². The van der Waals surface area contributed by atoms with Gasteiger partial charge in [0, 0.05) is 11.3 Å². The van der Waals surface area contributed by atoms with Crippen LogP contribution in [-0.4, -0.2) is 23.6 Å². The maximum atomic E-state index is 3.72. The van der Waals surface area contributed by atoms with E-state index in [1.807, 2.05) is 0 Å². The molecule has 2 heteroatoms. The van der Waals surface area contributed by atoms with Gasteiger partial charge in [-0.25, -0.2) is 0 Å². The summed E-state index contributed by atoms with van der Waals surface area (Å²) in [5.41, 5.74) is 0.480. The Labute approximate surface area is 125 Å². The summed E-state index contributed by atoms with van der Waals surface area (Å²) >= 11 is 2.23. The first-order valence-electron chi connectivity index (χ1n) is 8.19. The molecule has 0 aromatic heterocycles. The Morgan fingerprint density at radius 3 is 2.42 bits per heavy atom. The summed E-state index contributed by atoms with van der Waals surface area (Å²) in [6, 6.07) is 0.751. The minimum absolute atomic E-state index is 0.480. The molecule has 19 heavy (non-hydrogen) atoms. The fourth-order valence-electron chi connectivity index (χ4n) is 3.05. The monoisotopic (exact) mass is 285 g/mol. The van der Waals surface area contributed by atoms with Crippen molar-refractivity contribution in [1.29, 1.82) is 0 Å². The van der Waals surface area contributed by atoms with Crippen molar-refractivity contribution in [2.45, 2.75) is 78.5 Å². The van der Waals surface area contributed by atoms with Gasteiger partial charge in [0.1, 0.15) is 0 Å². The zero-order valence-corrected chi connectivity index (χ0v) is 14.8. The van der Waals surface area contributed by atoms with Crippen LogP contribution in [0.2, 0.25) is 0 Å². The smallest absolute Gasteiger partial charge is 0.0204 e. The average Bonchev–Trinajstić information content (AvgIpc) is 2.29. The molecule has 0 aromatic carbocycles. The Hall–Kier alpha value is 0.310. The number of thioether (sulfide) groups is 1. The lowest BCUT2D eigenvalue weighted by Gasteiger charge is -2.42. The van der Waals surface area contributed by atoms with Crippen LogP contribution in [0.4, 0.5) is 0 Å². The van der Waals surface area contributed by atoms with Gasteiger partial charge in [0.15, 0.2) is 0 Å². The first kappa shape index (κ1) is 17.4. The van der Waals surface area contributed by atoms with Crippen molar-refractivity contribution in [1.82, 2.24) is 5.32 Å². The van der Waals surface area contributed by atoms with Crippen molar-refractivity contribution < 1.29 is 0 Å². The maximum Gasteiger partial charge on any atom is 0.0204 e. The van der Waals surface area contributed by atoms with E-state index < -0.39 is 0 Å². The van der Waals surface area contributed by atoms with E-state index in [-0.39, 0.29) is 0 Å². The molecule has 3 unspecified atom stereocenters. The first-order valence-corrected chi connectivity index (χ1v) is 9.24. The van der Waals surface area contributed by atoms with E-state index in [1.54, 1.807) is 0 Å². The molecular formula is C17H35NS. The lowest BCUT2D eigenvalue weighted by atomic mass is 9.71. The third-order valence-corrected chi connectivity index (χ3v) is 5.93. The molecule has 0 amide bonds. The lowest BCUT2D eigenvalue weighted by Crippen LogP contribution is -2.44. The molecule has 0 aliphatic heterocycles. The summed E-state index contributed by atoms with van der Waals surface area (Å²) in [6.45, 7) is 15.3. The van der Waals surface area contributed by atoms with E-state index in [2.05, 4.69) is 58.6 Å². The number of rotatable bonds is 6. The molecule has 1 N–H and O–H groups in total. The molecule has 1 nitrogen and oxygen atoms in total. The van der Waals surface area contributed by atoms with Crippen molar-refractivity contribution in [3.05, 3.63) is 0 Å². The van der Waals surface area contributed by atoms with E-state index in [1.165, 1.54) is 31.4 Å². The molecule has 1 rings (SSSR count). The summed E-state index contributed by atoms with van der Waals surface area (Å²) in [5.74, 6) is 3.08. The highest BCUT2D eigenvalue weighted by Gasteiger charge is 2.35. The molecule has 3 atom stereocenters. The van der Waals surface area contributed by atoms with Gasteiger partial charge in [0.25, 0.3) is 0 Å². The highest BCUT2D eigenvalue weighted by Crippen LogP contribution is 2.41. The number of hydrogen-bond donors (Lipinski definition) is 1. The van der Waals surface area contributed by atoms with Crippen LogP contribution in [0.5, 0.6) is 0 Å². The minimum Gasteiger partial charge on any atom is -0.313 e. The third kappa shape index (κ3) is 6.08. The normalized spacial score (nSPS) is 28.9. The minimum atomic E-state index is 0.480. The fraction of sp³-hybridized carbons (Fsp3) is 1.00. The Bertz CT molecular complexity index is 244. The molecule has 1 fully saturated rings. The zero-order valence-electron chi connectivity index (χ0n) is 14.0. The van der Waals surface area contributed by atoms with Crippen molar-refractivity contribution in [2.75, 3.05) is 12.3 Å². The maximum absolute atomic E-state index is 3.72. The highest BCUT2D eigenvalue weighted by atomic mass is 32.2. The highest BCUT2D eigenvalue weighted by molar-refractivity contribution is 7.99. The van der Waals surface area contributed by atoms with Gasteiger partial charge in [-0.3, -0.25) is 0 Å². The van der Waals surface area contributed by atoms with Crippen LogP contribution < -0.4 is 5.32 Å². The van der Waals surface area contributed by atoms with Crippen LogP contribution in [0.3, 0.4) is 0 Å². The fourth-order valence-corrected chi connectivity index (χ4v) is 4.79. The summed E-state index contributed by atoms with van der Waals surface area (Å²) in [7, 11) is 0. The van der Waals surface area contributed by atoms with Crippen molar-refractivity contribution in [3.63, 3.8) is 0 Å². The van der Waals surface area contributed by atoms with E-state index in [0.29, 0.717) is 5.41 Å². The van der Waals surface area contributed by atoms with Gasteiger partial charge in [0.2, 0.25) is 0 Å². The van der Waals surface area contributed by atoms with E-state index >= 15 is 0 Å². The van der Waals surface area contributed by atoms with Crippen molar-refractivity contribution in [3.8, 4) is 0 Å². The zero-order chi connectivity index (χ0) is 14.5. The molecule has 0 heterocycles. The Kier molecular flexibility index (Phi) is 7.24. The topological polar surface area (TPSA) is 12.0 Å². The molecule has 0 radical (unpaired) electrons. The van der Waals surface area contributed by atoms with Crippen LogP contribution in [0, 0.1) is 17.3 Å². The summed E-state index contributed by atoms with van der Waals surface area (Å²) in [4.78, 5) is 0. The van der Waals surface area contributed by atoms with Crippen LogP contribution in [0.25, 0.3) is 0 Å². The molecule has 1 aliphatic carbocycles. The van der Waals surface area contributed by atoms with Crippen LogP contribution >= 0.6 is 11.8 Å². The summed E-state index contributed by atoms with van der Waals surface area (Å²) in [6.07, 6.45) is 5.54. The molecule has 0 saturated heterocycles. The van der Waals surface area contributed by atoms with Gasteiger partial charge < -0.3 is 5.32 Å². The Morgan fingerprint density at radius 2 is 1.89 bits per heavy atom. The van der Waals surface area contributed by atoms with Gasteiger partial charge in [-0.15, -0.1) is 0 Å². The van der Waals surface area contributed by atoms with Gasteiger partial charge >= 0.3 is 0 Å². The standard InChI is InChI=1S/C17H35NS/c1-7-18-15-9-8-14(17(4,5)6)12-16(15)19-11-10-13(2)3/h13-16,18H,7-12H2,1-6H3. The predicted molar refractivity (Wildman–Crippen MR) is 90.0 cm³/mol. The quantitative estimate of drug-likeness (QED) is 0.740. The SMILES string of the molecule is CCNC1CCC(C(C)(C)C)CC1SCCC(C)C. The largest absolute Gasteiger partial charge is 0.313 e. The van der Waals surface area contributed by atoms with Gasteiger partial charge in [-0.2, -0.15) is 11.8 Å². The number of nitrogens with one attached hydrogen (secondary N) is 1. The van der Waals surface area contributed by atoms with E-state index in [0.717, 1.165) is 29.7 Å². The summed E-state index contributed by atoms with van der Waals surface area (Å²) in [5, 5.41) is 4.55. The molecule has 1 saturated carbocycles. The van der Waals surface area contributed by atoms with Gasteiger partial charge in [-0.05, 0) is 55.2 Å². The van der Waals surface area contributed by atoms with Crippen LogP contribution in [-0.2, 0) is 0 Å². The molecular weight excluding hydrogens is 250 g/mol. The molecule has 0 bridgehead atoms. The van der Waals surface area contributed by atoms with E-state index in [4.69, 9.17) is 0 Å². The van der Waals surface area contributed by atoms with Crippen LogP contribution in [0.15, 0.2) is 0 Å². The average molecular weight is 286 g/mol. The molecule has 0 spiro atoms. The van der Waals surface area contributed by atoms with Crippen molar-refractivity contribution in [2.24, 2.45) is 17.3 Å². The first-order chi connectivity index (χ1) is 8.84. The van der Waals surface area contributed by atoms with Gasteiger partial charge in [-0.1, -0.05) is 41.5 Å². The third-order valence-electron chi connectivity index (χ3n) is 4.51. The second-order valence-electron chi connectivity index (χ2n) is 7.63. The van der Waals surface area contributed by atoms with Crippen LogP contribution in [0.1, 0.15) is 67.2 Å². The second kappa shape index (κ2) is 7.93. The Morgan fingerprint density at radius 1 is 1.21 bits per heavy atom. The predicted octanol–water partition coefficient (Wildman–Crippen LogP) is 4.96. The molecule has 114 valence electrons. The number of hydrogen-bond acceptors (Lipinski definition) is 2.